The maximum atomic E-state index is 10.4. The highest BCUT2D eigenvalue weighted by Gasteiger charge is 2.20. The van der Waals surface area contributed by atoms with Gasteiger partial charge in [0.25, 0.3) is 0 Å². The minimum absolute atomic E-state index is 0.181. The highest BCUT2D eigenvalue weighted by atomic mass is 16.5. The van der Waals surface area contributed by atoms with Crippen LogP contribution in [0.1, 0.15) is 33.4 Å². The lowest BCUT2D eigenvalue weighted by Gasteiger charge is -2.30. The van der Waals surface area contributed by atoms with Gasteiger partial charge in [-0.15, -0.1) is 0 Å². The number of nitrogens with zero attached hydrogens (tertiary/aromatic N) is 1. The number of hydrogen-bond donors (Lipinski definition) is 3. The lowest BCUT2D eigenvalue weighted by Crippen LogP contribution is -2.13. The van der Waals surface area contributed by atoms with Crippen molar-refractivity contribution >= 4 is 17.1 Å². The summed E-state index contributed by atoms with van der Waals surface area (Å²) in [7, 11) is 0. The molecule has 0 radical (unpaired) electrons. The molecule has 0 aromatic heterocycles. The van der Waals surface area contributed by atoms with Crippen LogP contribution in [0.25, 0.3) is 0 Å². The molecule has 4 aromatic rings. The highest BCUT2D eigenvalue weighted by Crippen LogP contribution is 2.43. The molecule has 0 unspecified atom stereocenters. The summed E-state index contributed by atoms with van der Waals surface area (Å²) < 4.78 is 6.16. The van der Waals surface area contributed by atoms with Crippen molar-refractivity contribution < 1.29 is 20.1 Å². The van der Waals surface area contributed by atoms with E-state index in [0.717, 1.165) is 50.4 Å². The van der Waals surface area contributed by atoms with Crippen LogP contribution in [0.5, 0.6) is 28.7 Å². The second-order valence-electron chi connectivity index (χ2n) is 9.15. The maximum absolute atomic E-state index is 10.4. The fourth-order valence-corrected chi connectivity index (χ4v) is 4.39. The van der Waals surface area contributed by atoms with Gasteiger partial charge in [0.15, 0.2) is 0 Å². The lowest BCUT2D eigenvalue weighted by molar-refractivity contribution is 0.458. The van der Waals surface area contributed by atoms with Crippen LogP contribution in [0.3, 0.4) is 0 Å². The predicted molar refractivity (Wildman–Crippen MR) is 141 cm³/mol. The second kappa shape index (κ2) is 9.26. The minimum Gasteiger partial charge on any atom is -0.508 e. The van der Waals surface area contributed by atoms with Crippen LogP contribution in [-0.2, 0) is 0 Å². The maximum Gasteiger partial charge on any atom is 0.133 e. The highest BCUT2D eigenvalue weighted by molar-refractivity contribution is 5.82. The normalized spacial score (nSPS) is 10.9. The van der Waals surface area contributed by atoms with Crippen molar-refractivity contribution in [2.24, 2.45) is 0 Å². The van der Waals surface area contributed by atoms with Gasteiger partial charge in [-0.1, -0.05) is 0 Å². The van der Waals surface area contributed by atoms with Crippen molar-refractivity contribution in [3.63, 3.8) is 0 Å². The Morgan fingerprint density at radius 1 is 0.543 bits per heavy atom. The number of aromatic hydroxyl groups is 3. The molecule has 35 heavy (non-hydrogen) atoms. The summed E-state index contributed by atoms with van der Waals surface area (Å²) in [6.07, 6.45) is 0. The van der Waals surface area contributed by atoms with Gasteiger partial charge in [0.2, 0.25) is 0 Å². The van der Waals surface area contributed by atoms with Crippen molar-refractivity contribution in [3.05, 3.63) is 94.0 Å². The van der Waals surface area contributed by atoms with Gasteiger partial charge in [-0.25, -0.2) is 0 Å². The van der Waals surface area contributed by atoms with Gasteiger partial charge in [-0.05, 0) is 123 Å². The average molecular weight is 470 g/mol. The molecule has 180 valence electrons. The van der Waals surface area contributed by atoms with Crippen LogP contribution in [-0.4, -0.2) is 15.3 Å². The molecule has 4 aromatic carbocycles. The summed E-state index contributed by atoms with van der Waals surface area (Å²) in [6.45, 7) is 11.8. The van der Waals surface area contributed by atoms with E-state index in [4.69, 9.17) is 4.74 Å². The average Bonchev–Trinajstić information content (AvgIpc) is 2.78. The molecule has 5 nitrogen and oxygen atoms in total. The Balaban J connectivity index is 1.83. The number of rotatable bonds is 5. The van der Waals surface area contributed by atoms with Gasteiger partial charge in [-0.2, -0.15) is 0 Å². The third-order valence-corrected chi connectivity index (χ3v) is 6.49. The molecule has 0 spiro atoms. The summed E-state index contributed by atoms with van der Waals surface area (Å²) in [5.41, 5.74) is 8.21. The predicted octanol–water partition coefficient (Wildman–Crippen LogP) is 7.92. The Hall–Kier alpha value is -4.12. The van der Waals surface area contributed by atoms with Crippen LogP contribution >= 0.6 is 0 Å². The molecule has 0 fully saturated rings. The molecule has 0 heterocycles. The number of hydrogen-bond acceptors (Lipinski definition) is 5. The van der Waals surface area contributed by atoms with Gasteiger partial charge >= 0.3 is 0 Å². The lowest BCUT2D eigenvalue weighted by atomic mass is 10.0. The molecule has 4 rings (SSSR count). The van der Waals surface area contributed by atoms with Crippen molar-refractivity contribution in [1.82, 2.24) is 0 Å². The summed E-state index contributed by atoms with van der Waals surface area (Å²) >= 11 is 0. The Bertz CT molecular complexity index is 1330. The monoisotopic (exact) mass is 469 g/mol. The van der Waals surface area contributed by atoms with E-state index >= 15 is 0 Å². The van der Waals surface area contributed by atoms with Gasteiger partial charge < -0.3 is 25.0 Å². The first kappa shape index (κ1) is 24.0. The molecule has 0 amide bonds. The zero-order valence-electron chi connectivity index (χ0n) is 21.0. The van der Waals surface area contributed by atoms with E-state index in [1.54, 1.807) is 36.4 Å². The van der Waals surface area contributed by atoms with E-state index in [2.05, 4.69) is 0 Å². The fraction of sp³-hybridized carbons (Fsp3) is 0.200. The van der Waals surface area contributed by atoms with Crippen LogP contribution < -0.4 is 9.64 Å². The number of phenols is 3. The molecular formula is C30H31NO4. The number of aryl methyl sites for hydroxylation is 4. The number of benzene rings is 4. The molecule has 0 aliphatic rings. The third-order valence-electron chi connectivity index (χ3n) is 6.49. The molecule has 5 heteroatoms. The molecule has 3 N–H and O–H groups in total. The first-order valence-corrected chi connectivity index (χ1v) is 11.5. The zero-order valence-corrected chi connectivity index (χ0v) is 21.0. The number of phenolic OH excluding ortho intramolecular Hbond substituents is 3. The minimum atomic E-state index is 0.181. The SMILES string of the molecule is Cc1cc(O)cc(N(c2ccc(Oc3c(C)cc(O)cc3C)cc2)c2cc(O)cc(C)c2C)c1C. The van der Waals surface area contributed by atoms with Crippen LogP contribution in [0.2, 0.25) is 0 Å². The second-order valence-corrected chi connectivity index (χ2v) is 9.15. The number of anilines is 3. The molecule has 0 saturated carbocycles. The van der Waals surface area contributed by atoms with E-state index in [9.17, 15) is 15.3 Å². The van der Waals surface area contributed by atoms with Crippen LogP contribution in [0.4, 0.5) is 17.1 Å². The van der Waals surface area contributed by atoms with Crippen LogP contribution in [0, 0.1) is 41.5 Å². The molecule has 0 saturated heterocycles. The Morgan fingerprint density at radius 3 is 1.40 bits per heavy atom. The molecule has 0 atom stereocenters. The quantitative estimate of drug-likeness (QED) is 0.277. The van der Waals surface area contributed by atoms with Gasteiger partial charge in [-0.3, -0.25) is 0 Å². The van der Waals surface area contributed by atoms with E-state index in [-0.39, 0.29) is 17.2 Å². The largest absolute Gasteiger partial charge is 0.508 e. The summed E-state index contributed by atoms with van der Waals surface area (Å²) in [5, 5.41) is 30.6. The van der Waals surface area contributed by atoms with E-state index < -0.39 is 0 Å². The summed E-state index contributed by atoms with van der Waals surface area (Å²) in [5.74, 6) is 1.96. The molecule has 0 aliphatic heterocycles. The van der Waals surface area contributed by atoms with E-state index in [1.165, 1.54) is 0 Å². The standard InChI is InChI=1S/C30H31NO4/c1-17-11-25(33)15-28(21(17)5)31(29-16-26(34)12-18(2)22(29)6)23-7-9-27(10-8-23)35-30-19(3)13-24(32)14-20(30)4/h7-16,32-34H,1-6H3. The van der Waals surface area contributed by atoms with Crippen molar-refractivity contribution in [1.29, 1.82) is 0 Å². The van der Waals surface area contributed by atoms with Crippen molar-refractivity contribution in [2.45, 2.75) is 41.5 Å². The van der Waals surface area contributed by atoms with Gasteiger partial charge in [0.1, 0.15) is 28.7 Å². The van der Waals surface area contributed by atoms with Crippen LogP contribution in [0.15, 0.2) is 60.7 Å². The van der Waals surface area contributed by atoms with Crippen molar-refractivity contribution in [3.8, 4) is 28.7 Å². The summed E-state index contributed by atoms with van der Waals surface area (Å²) in [6, 6.07) is 18.0. The first-order chi connectivity index (χ1) is 16.5. The molecule has 0 aliphatic carbocycles. The van der Waals surface area contributed by atoms with Crippen molar-refractivity contribution in [2.75, 3.05) is 4.90 Å². The van der Waals surface area contributed by atoms with Gasteiger partial charge in [0.05, 0.1) is 11.4 Å². The van der Waals surface area contributed by atoms with E-state index in [1.807, 2.05) is 70.7 Å². The smallest absolute Gasteiger partial charge is 0.133 e. The Labute approximate surface area is 206 Å². The zero-order chi connectivity index (χ0) is 25.4. The Morgan fingerprint density at radius 2 is 0.943 bits per heavy atom. The Kier molecular flexibility index (Phi) is 6.35. The summed E-state index contributed by atoms with van der Waals surface area (Å²) in [4.78, 5) is 2.05. The fourth-order valence-electron chi connectivity index (χ4n) is 4.39. The first-order valence-electron chi connectivity index (χ1n) is 11.5. The molecular weight excluding hydrogens is 438 g/mol. The third kappa shape index (κ3) is 4.76. The molecule has 0 bridgehead atoms. The number of ether oxygens (including phenoxy) is 1. The van der Waals surface area contributed by atoms with Gasteiger partial charge in [0, 0.05) is 17.8 Å². The van der Waals surface area contributed by atoms with E-state index in [0.29, 0.717) is 11.5 Å². The topological polar surface area (TPSA) is 73.2 Å².